The molecule has 3 aliphatic rings. The number of methoxy groups -OCH3 is 1. The Labute approximate surface area is 218 Å². The third-order valence-corrected chi connectivity index (χ3v) is 7.50. The number of nitrogens with one attached hydrogen (secondary N) is 1. The van der Waals surface area contributed by atoms with E-state index in [1.165, 1.54) is 0 Å². The van der Waals surface area contributed by atoms with E-state index in [9.17, 15) is 14.4 Å². The van der Waals surface area contributed by atoms with Crippen molar-refractivity contribution >= 4 is 28.7 Å². The topological polar surface area (TPSA) is 125 Å². The zero-order valence-corrected chi connectivity index (χ0v) is 21.1. The molecule has 6 rings (SSSR count). The van der Waals surface area contributed by atoms with Crippen LogP contribution in [0.2, 0.25) is 0 Å². The number of amides is 1. The van der Waals surface area contributed by atoms with Crippen molar-refractivity contribution < 1.29 is 23.8 Å². The second-order valence-electron chi connectivity index (χ2n) is 9.90. The minimum absolute atomic E-state index is 0.0303. The van der Waals surface area contributed by atoms with Gasteiger partial charge in [0.05, 0.1) is 42.5 Å². The van der Waals surface area contributed by atoms with Crippen molar-refractivity contribution in [3.05, 3.63) is 52.6 Å². The van der Waals surface area contributed by atoms with E-state index in [-0.39, 0.29) is 42.6 Å². The number of Topliss-reactive ketones (excluding diaryl/α,β-unsaturated/α-hetero) is 1. The quantitative estimate of drug-likeness (QED) is 0.468. The molecule has 1 N–H and O–H groups in total. The van der Waals surface area contributed by atoms with Crippen LogP contribution in [0.3, 0.4) is 0 Å². The highest BCUT2D eigenvalue weighted by atomic mass is 16.6. The fraction of sp³-hybridized carbons (Fsp3) is 0.444. The van der Waals surface area contributed by atoms with E-state index in [0.29, 0.717) is 36.0 Å². The average molecular weight is 520 g/mol. The number of ether oxygens (including phenoxy) is 3. The van der Waals surface area contributed by atoms with Gasteiger partial charge in [0, 0.05) is 31.1 Å². The molecule has 198 valence electrons. The van der Waals surface area contributed by atoms with Crippen LogP contribution in [0.4, 0.5) is 10.6 Å². The Morgan fingerprint density at radius 2 is 2.05 bits per heavy atom. The number of fused-ring (bicyclic) bond motifs is 3. The fourth-order valence-electron chi connectivity index (χ4n) is 5.61. The molecule has 1 saturated carbocycles. The highest BCUT2D eigenvalue weighted by molar-refractivity contribution is 5.90. The largest absolute Gasteiger partial charge is 0.495 e. The van der Waals surface area contributed by atoms with Gasteiger partial charge in [-0.15, -0.1) is 0 Å². The average Bonchev–Trinajstić information content (AvgIpc) is 3.26. The Morgan fingerprint density at radius 3 is 2.92 bits per heavy atom. The van der Waals surface area contributed by atoms with Crippen molar-refractivity contribution in [1.29, 1.82) is 0 Å². The Bertz CT molecular complexity index is 1460. The molecule has 1 saturated heterocycles. The molecule has 0 aromatic carbocycles. The van der Waals surface area contributed by atoms with Gasteiger partial charge in [-0.1, -0.05) is 0 Å². The number of aryl methyl sites for hydroxylation is 1. The normalized spacial score (nSPS) is 22.6. The first kappa shape index (κ1) is 24.4. The monoisotopic (exact) mass is 519 g/mol. The third-order valence-electron chi connectivity index (χ3n) is 7.50. The molecule has 38 heavy (non-hydrogen) atoms. The molecule has 3 atom stereocenters. The van der Waals surface area contributed by atoms with E-state index < -0.39 is 6.09 Å². The minimum Gasteiger partial charge on any atom is -0.495 e. The molecule has 1 amide bonds. The maximum Gasteiger partial charge on any atom is 0.416 e. The van der Waals surface area contributed by atoms with Crippen molar-refractivity contribution in [2.45, 2.75) is 56.8 Å². The van der Waals surface area contributed by atoms with Crippen molar-refractivity contribution in [2.24, 2.45) is 0 Å². The molecule has 0 bridgehead atoms. The third kappa shape index (κ3) is 4.58. The van der Waals surface area contributed by atoms with Gasteiger partial charge in [0.15, 0.2) is 5.78 Å². The smallest absolute Gasteiger partial charge is 0.416 e. The molecule has 1 aliphatic carbocycles. The van der Waals surface area contributed by atoms with Gasteiger partial charge in [0.2, 0.25) is 0 Å². The molecule has 2 aliphatic heterocycles. The molecule has 5 heterocycles. The lowest BCUT2D eigenvalue weighted by Gasteiger charge is -2.33. The molecule has 11 heteroatoms. The first-order valence-electron chi connectivity index (χ1n) is 12.9. The van der Waals surface area contributed by atoms with E-state index >= 15 is 0 Å². The molecular weight excluding hydrogens is 490 g/mol. The summed E-state index contributed by atoms with van der Waals surface area (Å²) in [6.07, 6.45) is 4.33. The van der Waals surface area contributed by atoms with Gasteiger partial charge < -0.3 is 24.1 Å². The summed E-state index contributed by atoms with van der Waals surface area (Å²) in [5, 5.41) is 3.57. The lowest BCUT2D eigenvalue weighted by atomic mass is 9.88. The summed E-state index contributed by atoms with van der Waals surface area (Å²) in [5.41, 5.74) is 1.99. The number of hydrogen-bond acceptors (Lipinski definition) is 9. The highest BCUT2D eigenvalue weighted by Crippen LogP contribution is 2.36. The number of rotatable bonds is 7. The number of aromatic nitrogens is 3. The van der Waals surface area contributed by atoms with Crippen LogP contribution >= 0.6 is 0 Å². The van der Waals surface area contributed by atoms with E-state index in [1.807, 2.05) is 6.07 Å². The van der Waals surface area contributed by atoms with Gasteiger partial charge in [0.25, 0.3) is 5.56 Å². The summed E-state index contributed by atoms with van der Waals surface area (Å²) >= 11 is 0. The highest BCUT2D eigenvalue weighted by Gasteiger charge is 2.46. The maximum absolute atomic E-state index is 12.8. The van der Waals surface area contributed by atoms with Gasteiger partial charge in [-0.25, -0.2) is 9.78 Å². The second kappa shape index (κ2) is 10.1. The number of ketones is 1. The Morgan fingerprint density at radius 1 is 1.16 bits per heavy atom. The van der Waals surface area contributed by atoms with Gasteiger partial charge in [-0.05, 0) is 44.0 Å². The molecule has 3 aromatic rings. The van der Waals surface area contributed by atoms with Crippen LogP contribution in [0.25, 0.3) is 11.0 Å². The fourth-order valence-corrected chi connectivity index (χ4v) is 5.61. The van der Waals surface area contributed by atoms with Crippen LogP contribution in [0, 0.1) is 0 Å². The molecule has 0 spiro atoms. The predicted octanol–water partition coefficient (Wildman–Crippen LogP) is 2.23. The predicted molar refractivity (Wildman–Crippen MR) is 138 cm³/mol. The lowest BCUT2D eigenvalue weighted by Crippen LogP contribution is -2.46. The van der Waals surface area contributed by atoms with Crippen LogP contribution in [-0.2, 0) is 22.5 Å². The molecule has 0 unspecified atom stereocenters. The van der Waals surface area contributed by atoms with Gasteiger partial charge in [-0.3, -0.25) is 19.5 Å². The first-order chi connectivity index (χ1) is 18.5. The van der Waals surface area contributed by atoms with Gasteiger partial charge in [0.1, 0.15) is 30.0 Å². The van der Waals surface area contributed by atoms with Crippen LogP contribution < -0.4 is 25.2 Å². The van der Waals surface area contributed by atoms with Crippen molar-refractivity contribution in [2.75, 3.05) is 25.2 Å². The Balaban J connectivity index is 1.06. The number of hydrogen-bond donors (Lipinski definition) is 1. The van der Waals surface area contributed by atoms with Crippen LogP contribution in [0.1, 0.15) is 31.4 Å². The van der Waals surface area contributed by atoms with E-state index in [4.69, 9.17) is 14.2 Å². The van der Waals surface area contributed by atoms with Crippen molar-refractivity contribution in [3.8, 4) is 11.5 Å². The summed E-state index contributed by atoms with van der Waals surface area (Å²) in [7, 11) is 1.58. The molecule has 0 radical (unpaired) electrons. The standard InChI is InChI=1S/C27H29N5O6/c1-36-18-13-22-19(29-14-18)4-8-26(34)31(22)10-2-9-28-16-3-5-21-24(11-16)38-27(35)32(21)25-7-6-23-20(30-25)12-17(33)15-37-23/h4,6-8,13-14,16,21,24,28H,2-3,5,9-12,15H2,1H3/t16-,21-,24-/m0/s1. The number of anilines is 1. The molecule has 3 aromatic heterocycles. The van der Waals surface area contributed by atoms with Crippen LogP contribution in [0.5, 0.6) is 11.5 Å². The minimum atomic E-state index is -0.407. The summed E-state index contributed by atoms with van der Waals surface area (Å²) in [6, 6.07) is 8.73. The van der Waals surface area contributed by atoms with Crippen LogP contribution in [-0.4, -0.2) is 64.9 Å². The number of nitrogens with zero attached hydrogens (tertiary/aromatic N) is 4. The number of pyridine rings is 3. The lowest BCUT2D eigenvalue weighted by molar-refractivity contribution is -0.121. The van der Waals surface area contributed by atoms with E-state index in [1.54, 1.807) is 47.0 Å². The van der Waals surface area contributed by atoms with Gasteiger partial charge in [-0.2, -0.15) is 0 Å². The Hall–Kier alpha value is -3.99. The van der Waals surface area contributed by atoms with E-state index in [0.717, 1.165) is 36.8 Å². The van der Waals surface area contributed by atoms with Gasteiger partial charge >= 0.3 is 6.09 Å². The molecule has 2 fully saturated rings. The van der Waals surface area contributed by atoms with Crippen molar-refractivity contribution in [1.82, 2.24) is 19.9 Å². The van der Waals surface area contributed by atoms with Crippen LogP contribution in [0.15, 0.2) is 41.3 Å². The maximum atomic E-state index is 12.8. The number of carbonyl (C=O) groups is 2. The second-order valence-corrected chi connectivity index (χ2v) is 9.90. The summed E-state index contributed by atoms with van der Waals surface area (Å²) in [4.78, 5) is 47.6. The Kier molecular flexibility index (Phi) is 6.44. The summed E-state index contributed by atoms with van der Waals surface area (Å²) < 4.78 is 18.2. The number of carbonyl (C=O) groups excluding carboxylic acids is 2. The summed E-state index contributed by atoms with van der Waals surface area (Å²) in [5.74, 6) is 1.67. The summed E-state index contributed by atoms with van der Waals surface area (Å²) in [6.45, 7) is 1.33. The van der Waals surface area contributed by atoms with E-state index in [2.05, 4.69) is 15.3 Å². The molecular formula is C27H29N5O6. The zero-order chi connectivity index (χ0) is 26.2. The zero-order valence-electron chi connectivity index (χ0n) is 21.1. The SMILES string of the molecule is COc1cnc2ccc(=O)n(CCCN[C@H]3CC[C@H]4[C@H](C3)OC(=O)N4c3ccc4c(n3)CC(=O)CO4)c2c1. The molecule has 11 nitrogen and oxygen atoms in total. The first-order valence-corrected chi connectivity index (χ1v) is 12.9. The van der Waals surface area contributed by atoms with Crippen molar-refractivity contribution in [3.63, 3.8) is 0 Å².